The molecular weight excluding hydrogens is 472 g/mol. The van der Waals surface area contributed by atoms with E-state index in [-0.39, 0.29) is 29.6 Å². The molecule has 2 atom stereocenters. The van der Waals surface area contributed by atoms with Crippen molar-refractivity contribution in [2.75, 3.05) is 13.6 Å². The van der Waals surface area contributed by atoms with E-state index in [4.69, 9.17) is 11.6 Å². The molecule has 0 unspecified atom stereocenters. The van der Waals surface area contributed by atoms with E-state index >= 15 is 0 Å². The van der Waals surface area contributed by atoms with Crippen LogP contribution < -0.4 is 10.6 Å². The Hall–Kier alpha value is -2.68. The van der Waals surface area contributed by atoms with Crippen LogP contribution in [0.3, 0.4) is 0 Å². The van der Waals surface area contributed by atoms with Crippen molar-refractivity contribution in [1.82, 2.24) is 20.5 Å². The summed E-state index contributed by atoms with van der Waals surface area (Å²) in [6.45, 7) is 1.78. The van der Waals surface area contributed by atoms with Crippen LogP contribution in [-0.4, -0.2) is 52.5 Å². The summed E-state index contributed by atoms with van der Waals surface area (Å²) in [4.78, 5) is 34.0. The zero-order chi connectivity index (χ0) is 23.8. The predicted molar refractivity (Wildman–Crippen MR) is 134 cm³/mol. The van der Waals surface area contributed by atoms with Crippen molar-refractivity contribution in [2.24, 2.45) is 0 Å². The maximum Gasteiger partial charge on any atom is 0.280 e. The molecule has 2 amide bonds. The SMILES string of the molecule is CN1CCc2nc(C(=O)N[C@H]3CCCC[C@H]3NC(=O)c3cc(O)c4cc(Cl)ccc4c3)sc2C1. The Labute approximate surface area is 207 Å². The fourth-order valence-electron chi connectivity index (χ4n) is 4.82. The summed E-state index contributed by atoms with van der Waals surface area (Å²) < 4.78 is 0. The van der Waals surface area contributed by atoms with Crippen LogP contribution in [0.15, 0.2) is 30.3 Å². The second kappa shape index (κ2) is 9.52. The summed E-state index contributed by atoms with van der Waals surface area (Å²) in [5.41, 5.74) is 1.40. The molecule has 2 aliphatic rings. The molecule has 2 aromatic carbocycles. The van der Waals surface area contributed by atoms with Crippen LogP contribution in [0, 0.1) is 0 Å². The van der Waals surface area contributed by atoms with Gasteiger partial charge in [0.05, 0.1) is 5.69 Å². The van der Waals surface area contributed by atoms with Crippen molar-refractivity contribution in [1.29, 1.82) is 0 Å². The number of halogens is 1. The summed E-state index contributed by atoms with van der Waals surface area (Å²) in [6.07, 6.45) is 4.42. The molecule has 9 heteroatoms. The molecule has 0 spiro atoms. The van der Waals surface area contributed by atoms with E-state index in [1.165, 1.54) is 17.4 Å². The molecule has 3 N–H and O–H groups in total. The largest absolute Gasteiger partial charge is 0.507 e. The van der Waals surface area contributed by atoms with E-state index in [2.05, 4.69) is 27.6 Å². The van der Waals surface area contributed by atoms with E-state index in [9.17, 15) is 14.7 Å². The smallest absolute Gasteiger partial charge is 0.280 e. The van der Waals surface area contributed by atoms with Crippen molar-refractivity contribution in [3.05, 3.63) is 56.5 Å². The van der Waals surface area contributed by atoms with Crippen molar-refractivity contribution < 1.29 is 14.7 Å². The Bertz CT molecular complexity index is 1260. The van der Waals surface area contributed by atoms with Gasteiger partial charge in [-0.15, -0.1) is 11.3 Å². The average molecular weight is 499 g/mol. The van der Waals surface area contributed by atoms with Crippen molar-refractivity contribution in [3.63, 3.8) is 0 Å². The monoisotopic (exact) mass is 498 g/mol. The van der Waals surface area contributed by atoms with Gasteiger partial charge in [0, 0.05) is 52.4 Å². The van der Waals surface area contributed by atoms with Gasteiger partial charge in [-0.25, -0.2) is 4.98 Å². The molecular formula is C25H27ClN4O3S. The van der Waals surface area contributed by atoms with Gasteiger partial charge >= 0.3 is 0 Å². The third-order valence-corrected chi connectivity index (χ3v) is 7.99. The second-order valence-corrected chi connectivity index (χ2v) is 10.7. The van der Waals surface area contributed by atoms with E-state index in [1.54, 1.807) is 24.3 Å². The topological polar surface area (TPSA) is 94.6 Å². The van der Waals surface area contributed by atoms with E-state index < -0.39 is 0 Å². The minimum Gasteiger partial charge on any atom is -0.507 e. The molecule has 7 nitrogen and oxygen atoms in total. The number of thiazole rings is 1. The highest BCUT2D eigenvalue weighted by atomic mass is 35.5. The number of nitrogens with one attached hydrogen (secondary N) is 2. The van der Waals surface area contributed by atoms with Gasteiger partial charge in [-0.1, -0.05) is 30.5 Å². The van der Waals surface area contributed by atoms with Crippen LogP contribution in [0.1, 0.15) is 56.4 Å². The van der Waals surface area contributed by atoms with Crippen LogP contribution in [0.25, 0.3) is 10.8 Å². The fraction of sp³-hybridized carbons (Fsp3) is 0.400. The number of phenolic OH excluding ortho intramolecular Hbond substituents is 1. The first-order chi connectivity index (χ1) is 16.4. The first-order valence-electron chi connectivity index (χ1n) is 11.6. The van der Waals surface area contributed by atoms with Crippen LogP contribution >= 0.6 is 22.9 Å². The molecule has 1 saturated carbocycles. The molecule has 0 radical (unpaired) electrons. The molecule has 2 heterocycles. The van der Waals surface area contributed by atoms with Crippen LogP contribution in [0.5, 0.6) is 5.75 Å². The van der Waals surface area contributed by atoms with E-state index in [0.717, 1.165) is 61.2 Å². The predicted octanol–water partition coefficient (Wildman–Crippen LogP) is 4.11. The first kappa shape index (κ1) is 23.1. The highest BCUT2D eigenvalue weighted by Gasteiger charge is 2.30. The first-order valence-corrected chi connectivity index (χ1v) is 12.8. The maximum atomic E-state index is 13.1. The van der Waals surface area contributed by atoms with Crippen molar-refractivity contribution in [2.45, 2.75) is 50.7 Å². The lowest BCUT2D eigenvalue weighted by atomic mass is 9.90. The van der Waals surface area contributed by atoms with Gasteiger partial charge in [0.15, 0.2) is 5.01 Å². The summed E-state index contributed by atoms with van der Waals surface area (Å²) >= 11 is 7.49. The number of hydrogen-bond acceptors (Lipinski definition) is 6. The summed E-state index contributed by atoms with van der Waals surface area (Å²) in [5, 5.41) is 19.0. The fourth-order valence-corrected chi connectivity index (χ4v) is 6.08. The number of rotatable bonds is 4. The standard InChI is InChI=1S/C25H27ClN4O3S/c1-30-9-8-20-22(13-30)34-25(29-20)24(33)28-19-5-3-2-4-18(19)27-23(32)15-10-14-6-7-16(26)12-17(14)21(31)11-15/h6-7,10-12,18-19,31H,2-5,8-9,13H2,1H3,(H,27,32)(H,28,33)/t18-,19+/m1/s1. The summed E-state index contributed by atoms with van der Waals surface area (Å²) in [5.74, 6) is -0.434. The highest BCUT2D eigenvalue weighted by Crippen LogP contribution is 2.30. The van der Waals surface area contributed by atoms with Gasteiger partial charge < -0.3 is 20.6 Å². The molecule has 1 aliphatic carbocycles. The number of carbonyl (C=O) groups excluding carboxylic acids is 2. The Balaban J connectivity index is 1.29. The molecule has 0 bridgehead atoms. The average Bonchev–Trinajstić information content (AvgIpc) is 3.24. The number of aromatic hydroxyl groups is 1. The number of benzene rings is 2. The van der Waals surface area contributed by atoms with Gasteiger partial charge in [-0.3, -0.25) is 9.59 Å². The van der Waals surface area contributed by atoms with E-state index in [0.29, 0.717) is 21.0 Å². The van der Waals surface area contributed by atoms with Crippen molar-refractivity contribution >= 4 is 45.5 Å². The van der Waals surface area contributed by atoms with Gasteiger partial charge in [0.25, 0.3) is 11.8 Å². The molecule has 1 aromatic heterocycles. The quantitative estimate of drug-likeness (QED) is 0.503. The van der Waals surface area contributed by atoms with Gasteiger partial charge in [-0.2, -0.15) is 0 Å². The van der Waals surface area contributed by atoms with Gasteiger partial charge in [0.2, 0.25) is 0 Å². The Kier molecular flexibility index (Phi) is 6.46. The third-order valence-electron chi connectivity index (χ3n) is 6.67. The maximum absolute atomic E-state index is 13.1. The number of aromatic nitrogens is 1. The third kappa shape index (κ3) is 4.76. The highest BCUT2D eigenvalue weighted by molar-refractivity contribution is 7.13. The minimum atomic E-state index is -0.272. The second-order valence-electron chi connectivity index (χ2n) is 9.18. The lowest BCUT2D eigenvalue weighted by molar-refractivity contribution is 0.0862. The van der Waals surface area contributed by atoms with Crippen LogP contribution in [-0.2, 0) is 13.0 Å². The number of fused-ring (bicyclic) bond motifs is 2. The molecule has 1 aliphatic heterocycles. The number of nitrogens with zero attached hydrogens (tertiary/aromatic N) is 2. The molecule has 3 aromatic rings. The van der Waals surface area contributed by atoms with E-state index in [1.807, 2.05) is 0 Å². The minimum absolute atomic E-state index is 0.0111. The molecule has 5 rings (SSSR count). The number of likely N-dealkylation sites (N-methyl/N-ethyl adjacent to an activating group) is 1. The number of hydrogen-bond donors (Lipinski definition) is 3. The van der Waals surface area contributed by atoms with Gasteiger partial charge in [-0.05, 0) is 49.5 Å². The molecule has 0 saturated heterocycles. The number of phenols is 1. The van der Waals surface area contributed by atoms with Gasteiger partial charge in [0.1, 0.15) is 5.75 Å². The van der Waals surface area contributed by atoms with Crippen LogP contribution in [0.2, 0.25) is 5.02 Å². The Morgan fingerprint density at radius 3 is 2.62 bits per heavy atom. The molecule has 178 valence electrons. The lowest BCUT2D eigenvalue weighted by Gasteiger charge is -2.32. The number of carbonyl (C=O) groups is 2. The summed E-state index contributed by atoms with van der Waals surface area (Å²) in [7, 11) is 2.07. The lowest BCUT2D eigenvalue weighted by Crippen LogP contribution is -2.53. The summed E-state index contributed by atoms with van der Waals surface area (Å²) in [6, 6.07) is 8.04. The normalized spacial score (nSPS) is 20.6. The Morgan fingerprint density at radius 2 is 1.85 bits per heavy atom. The zero-order valence-corrected chi connectivity index (χ0v) is 20.5. The number of amides is 2. The molecule has 34 heavy (non-hydrogen) atoms. The zero-order valence-electron chi connectivity index (χ0n) is 18.9. The van der Waals surface area contributed by atoms with Crippen LogP contribution in [0.4, 0.5) is 0 Å². The van der Waals surface area contributed by atoms with Crippen molar-refractivity contribution in [3.8, 4) is 5.75 Å². The Morgan fingerprint density at radius 1 is 1.12 bits per heavy atom. The molecule has 1 fully saturated rings.